The lowest BCUT2D eigenvalue weighted by molar-refractivity contribution is -0.121. The van der Waals surface area contributed by atoms with Crippen LogP contribution in [0.5, 0.6) is 5.75 Å². The van der Waals surface area contributed by atoms with Crippen LogP contribution in [0.15, 0.2) is 47.4 Å². The first kappa shape index (κ1) is 21.5. The van der Waals surface area contributed by atoms with Crippen molar-refractivity contribution in [3.8, 4) is 5.75 Å². The Hall–Kier alpha value is -2.78. The van der Waals surface area contributed by atoms with Gasteiger partial charge in [-0.2, -0.15) is 0 Å². The lowest BCUT2D eigenvalue weighted by Crippen LogP contribution is -2.41. The Morgan fingerprint density at radius 2 is 1.82 bits per heavy atom. The van der Waals surface area contributed by atoms with E-state index in [1.54, 1.807) is 18.2 Å². The predicted octanol–water partition coefficient (Wildman–Crippen LogP) is 2.71. The molecule has 2 amide bonds. The third-order valence-electron chi connectivity index (χ3n) is 3.63. The second kappa shape index (κ2) is 9.43. The Labute approximate surface area is 168 Å². The maximum absolute atomic E-state index is 12.8. The lowest BCUT2D eigenvalue weighted by atomic mass is 10.2. The van der Waals surface area contributed by atoms with E-state index in [0.29, 0.717) is 12.2 Å². The topological polar surface area (TPSA) is 114 Å². The lowest BCUT2D eigenvalue weighted by Gasteiger charge is -2.13. The number of rotatable bonds is 7. The van der Waals surface area contributed by atoms with Crippen molar-refractivity contribution in [2.75, 3.05) is 11.8 Å². The van der Waals surface area contributed by atoms with E-state index in [4.69, 9.17) is 16.3 Å². The third-order valence-corrected chi connectivity index (χ3v) is 5.47. The fourth-order valence-corrected chi connectivity index (χ4v) is 3.86. The van der Waals surface area contributed by atoms with Gasteiger partial charge in [0, 0.05) is 12.0 Å². The summed E-state index contributed by atoms with van der Waals surface area (Å²) in [5.74, 6) is -0.694. The molecule has 0 aliphatic heterocycles. The Morgan fingerprint density at radius 3 is 2.50 bits per heavy atom. The number of methoxy groups -OCH3 is 1. The predicted molar refractivity (Wildman–Crippen MR) is 106 cm³/mol. The maximum atomic E-state index is 12.8. The standard InChI is InChI=1S/C18H20ClN3O5S/c1-3-6-17(23)20-21-18(24)12-9-10-13(19)16(11-12)28(25,26)22-14-7-4-5-8-15(14)27-2/h4-5,7-11,22H,3,6H2,1-2H3,(H,20,23)(H,21,24). The Balaban J connectivity index is 2.26. The number of hydrazine groups is 1. The van der Waals surface area contributed by atoms with Crippen molar-refractivity contribution < 1.29 is 22.7 Å². The van der Waals surface area contributed by atoms with E-state index in [1.165, 1.54) is 25.3 Å². The second-order valence-electron chi connectivity index (χ2n) is 5.70. The van der Waals surface area contributed by atoms with Gasteiger partial charge in [0.1, 0.15) is 10.6 Å². The molecule has 28 heavy (non-hydrogen) atoms. The Kier molecular flexibility index (Phi) is 7.24. The van der Waals surface area contributed by atoms with Gasteiger partial charge in [-0.3, -0.25) is 25.2 Å². The zero-order valence-corrected chi connectivity index (χ0v) is 16.9. The minimum atomic E-state index is -4.10. The van der Waals surface area contributed by atoms with Crippen molar-refractivity contribution in [2.45, 2.75) is 24.7 Å². The van der Waals surface area contributed by atoms with Crippen LogP contribution in [-0.4, -0.2) is 27.3 Å². The van der Waals surface area contributed by atoms with Gasteiger partial charge < -0.3 is 4.74 Å². The summed E-state index contributed by atoms with van der Waals surface area (Å²) < 4.78 is 33.0. The highest BCUT2D eigenvalue weighted by Gasteiger charge is 2.22. The molecule has 0 aliphatic carbocycles. The quantitative estimate of drug-likeness (QED) is 0.590. The van der Waals surface area contributed by atoms with Crippen LogP contribution in [0.1, 0.15) is 30.1 Å². The molecule has 0 atom stereocenters. The van der Waals surface area contributed by atoms with Crippen molar-refractivity contribution in [1.82, 2.24) is 10.9 Å². The summed E-state index contributed by atoms with van der Waals surface area (Å²) in [5.41, 5.74) is 4.73. The van der Waals surface area contributed by atoms with Gasteiger partial charge in [-0.15, -0.1) is 0 Å². The normalized spacial score (nSPS) is 10.8. The van der Waals surface area contributed by atoms with E-state index in [9.17, 15) is 18.0 Å². The molecule has 0 unspecified atom stereocenters. The molecule has 2 aromatic rings. The van der Waals surface area contributed by atoms with Gasteiger partial charge in [0.25, 0.3) is 15.9 Å². The summed E-state index contributed by atoms with van der Waals surface area (Å²) in [6.07, 6.45) is 0.878. The molecule has 3 N–H and O–H groups in total. The van der Waals surface area contributed by atoms with Crippen molar-refractivity contribution in [3.63, 3.8) is 0 Å². The molecule has 10 heteroatoms. The summed E-state index contributed by atoms with van der Waals surface area (Å²) in [6.45, 7) is 1.83. The Bertz CT molecular complexity index is 979. The minimum Gasteiger partial charge on any atom is -0.495 e. The summed E-state index contributed by atoms with van der Waals surface area (Å²) in [4.78, 5) is 23.4. The van der Waals surface area contributed by atoms with Crippen LogP contribution in [0.2, 0.25) is 5.02 Å². The van der Waals surface area contributed by atoms with Gasteiger partial charge in [-0.25, -0.2) is 8.42 Å². The van der Waals surface area contributed by atoms with E-state index in [0.717, 1.165) is 6.07 Å². The summed E-state index contributed by atoms with van der Waals surface area (Å²) in [6, 6.07) is 10.2. The van der Waals surface area contributed by atoms with Gasteiger partial charge in [-0.05, 0) is 36.8 Å². The molecule has 2 rings (SSSR count). The number of carbonyl (C=O) groups excluding carboxylic acids is 2. The number of benzene rings is 2. The molecule has 0 spiro atoms. The first-order chi connectivity index (χ1) is 13.3. The summed E-state index contributed by atoms with van der Waals surface area (Å²) in [5, 5.41) is -0.0611. The van der Waals surface area contributed by atoms with Crippen LogP contribution in [0, 0.1) is 0 Å². The second-order valence-corrected chi connectivity index (χ2v) is 7.76. The van der Waals surface area contributed by atoms with Gasteiger partial charge >= 0.3 is 0 Å². The van der Waals surface area contributed by atoms with Crippen LogP contribution in [0.4, 0.5) is 5.69 Å². The van der Waals surface area contributed by atoms with Crippen molar-refractivity contribution in [1.29, 1.82) is 0 Å². The highest BCUT2D eigenvalue weighted by molar-refractivity contribution is 7.92. The fourth-order valence-electron chi connectivity index (χ4n) is 2.27. The number of anilines is 1. The maximum Gasteiger partial charge on any atom is 0.269 e. The highest BCUT2D eigenvalue weighted by atomic mass is 35.5. The first-order valence-electron chi connectivity index (χ1n) is 8.33. The zero-order valence-electron chi connectivity index (χ0n) is 15.3. The van der Waals surface area contributed by atoms with Gasteiger partial charge in [0.05, 0.1) is 17.8 Å². The molecule has 2 aromatic carbocycles. The highest BCUT2D eigenvalue weighted by Crippen LogP contribution is 2.29. The van der Waals surface area contributed by atoms with Crippen LogP contribution in [0.25, 0.3) is 0 Å². The summed E-state index contributed by atoms with van der Waals surface area (Å²) >= 11 is 6.04. The molecule has 0 bridgehead atoms. The van der Waals surface area contributed by atoms with E-state index < -0.39 is 15.9 Å². The van der Waals surface area contributed by atoms with E-state index in [-0.39, 0.29) is 33.5 Å². The number of sulfonamides is 1. The number of ether oxygens (including phenoxy) is 1. The number of hydrogen-bond donors (Lipinski definition) is 3. The first-order valence-corrected chi connectivity index (χ1v) is 10.2. The van der Waals surface area contributed by atoms with Crippen LogP contribution in [0.3, 0.4) is 0 Å². The van der Waals surface area contributed by atoms with Crippen molar-refractivity contribution in [3.05, 3.63) is 53.1 Å². The number of para-hydroxylation sites is 2. The molecule has 150 valence electrons. The van der Waals surface area contributed by atoms with E-state index in [2.05, 4.69) is 15.6 Å². The smallest absolute Gasteiger partial charge is 0.269 e. The average Bonchev–Trinajstić information content (AvgIpc) is 2.66. The monoisotopic (exact) mass is 425 g/mol. The van der Waals surface area contributed by atoms with Crippen molar-refractivity contribution in [2.24, 2.45) is 0 Å². The summed E-state index contributed by atoms with van der Waals surface area (Å²) in [7, 11) is -2.69. The molecular formula is C18H20ClN3O5S. The molecule has 0 aliphatic rings. The number of amides is 2. The molecule has 0 saturated carbocycles. The number of hydrogen-bond acceptors (Lipinski definition) is 5. The van der Waals surface area contributed by atoms with E-state index >= 15 is 0 Å². The largest absolute Gasteiger partial charge is 0.495 e. The SMILES string of the molecule is CCCC(=O)NNC(=O)c1ccc(Cl)c(S(=O)(=O)Nc2ccccc2OC)c1. The van der Waals surface area contributed by atoms with Gasteiger partial charge in [0.2, 0.25) is 5.91 Å². The number of nitrogens with one attached hydrogen (secondary N) is 3. The molecule has 8 nitrogen and oxygen atoms in total. The molecule has 0 saturated heterocycles. The average molecular weight is 426 g/mol. The molecular weight excluding hydrogens is 406 g/mol. The fraction of sp³-hybridized carbons (Fsp3) is 0.222. The van der Waals surface area contributed by atoms with Crippen LogP contribution >= 0.6 is 11.6 Å². The zero-order chi connectivity index (χ0) is 20.7. The van der Waals surface area contributed by atoms with Gasteiger partial charge in [0.15, 0.2) is 0 Å². The van der Waals surface area contributed by atoms with Gasteiger partial charge in [-0.1, -0.05) is 30.7 Å². The van der Waals surface area contributed by atoms with E-state index in [1.807, 2.05) is 6.92 Å². The number of halogens is 1. The third kappa shape index (κ3) is 5.37. The molecule has 0 fully saturated rings. The molecule has 0 heterocycles. The van der Waals surface area contributed by atoms with Crippen molar-refractivity contribution >= 4 is 39.1 Å². The van der Waals surface area contributed by atoms with Crippen LogP contribution in [-0.2, 0) is 14.8 Å². The molecule has 0 aromatic heterocycles. The number of carbonyl (C=O) groups is 2. The van der Waals surface area contributed by atoms with Crippen LogP contribution < -0.4 is 20.3 Å². The minimum absolute atomic E-state index is 0.0154. The molecule has 0 radical (unpaired) electrons. The Morgan fingerprint density at radius 1 is 1.11 bits per heavy atom.